The average Bonchev–Trinajstić information content (AvgIpc) is 2.20. The van der Waals surface area contributed by atoms with Crippen molar-refractivity contribution >= 4 is 0 Å². The molecule has 1 aromatic heterocycles. The molecule has 0 bridgehead atoms. The Morgan fingerprint density at radius 1 is 1.64 bits per heavy atom. The zero-order valence-corrected chi connectivity index (χ0v) is 9.08. The number of pyridine rings is 1. The lowest BCUT2D eigenvalue weighted by molar-refractivity contribution is 0.468. The third-order valence-electron chi connectivity index (χ3n) is 2.39. The zero-order valence-electron chi connectivity index (χ0n) is 9.08. The van der Waals surface area contributed by atoms with Crippen molar-refractivity contribution in [3.8, 4) is 5.75 Å². The number of hydrogen-bond acceptors (Lipinski definition) is 2. The number of nitrogens with zero attached hydrogens (tertiary/aromatic N) is 1. The zero-order chi connectivity index (χ0) is 10.6. The van der Waals surface area contributed by atoms with Crippen molar-refractivity contribution in [3.05, 3.63) is 36.4 Å². The van der Waals surface area contributed by atoms with Crippen LogP contribution in [0.1, 0.15) is 37.4 Å². The minimum atomic E-state index is 0.492. The van der Waals surface area contributed by atoms with Crippen LogP contribution in [0.3, 0.4) is 0 Å². The van der Waals surface area contributed by atoms with Crippen LogP contribution < -0.4 is 4.74 Å². The van der Waals surface area contributed by atoms with Gasteiger partial charge in [0.05, 0.1) is 12.5 Å². The summed E-state index contributed by atoms with van der Waals surface area (Å²) in [7, 11) is 0. The smallest absolute Gasteiger partial charge is 0.148 e. The number of aryl methyl sites for hydroxylation is 1. The molecule has 0 amide bonds. The number of aromatic nitrogens is 1. The lowest BCUT2D eigenvalue weighted by Crippen LogP contribution is -1.98. The van der Waals surface area contributed by atoms with Gasteiger partial charge in [-0.1, -0.05) is 20.4 Å². The van der Waals surface area contributed by atoms with Crippen LogP contribution in [0, 0.1) is 6.92 Å². The second kappa shape index (κ2) is 4.80. The molecular formula is C12H17NO. The first-order chi connectivity index (χ1) is 6.69. The molecule has 1 aromatic rings. The largest absolute Gasteiger partial charge is 0.464 e. The summed E-state index contributed by atoms with van der Waals surface area (Å²) in [6.45, 7) is 9.89. The minimum absolute atomic E-state index is 0.492. The lowest BCUT2D eigenvalue weighted by Gasteiger charge is -2.13. The molecule has 1 heterocycles. The van der Waals surface area contributed by atoms with Crippen LogP contribution in [0.15, 0.2) is 25.1 Å². The Kier molecular flexibility index (Phi) is 3.69. The highest BCUT2D eigenvalue weighted by molar-refractivity contribution is 5.35. The fourth-order valence-corrected chi connectivity index (χ4v) is 1.36. The van der Waals surface area contributed by atoms with Gasteiger partial charge < -0.3 is 4.74 Å². The third kappa shape index (κ3) is 2.34. The Morgan fingerprint density at radius 2 is 2.36 bits per heavy atom. The molecule has 0 aliphatic heterocycles. The molecule has 2 heteroatoms. The van der Waals surface area contributed by atoms with Crippen LogP contribution in [-0.4, -0.2) is 4.98 Å². The van der Waals surface area contributed by atoms with E-state index in [4.69, 9.17) is 4.74 Å². The highest BCUT2D eigenvalue weighted by Crippen LogP contribution is 2.28. The van der Waals surface area contributed by atoms with Gasteiger partial charge in [-0.15, -0.1) is 0 Å². The highest BCUT2D eigenvalue weighted by atomic mass is 16.5. The van der Waals surface area contributed by atoms with Gasteiger partial charge in [0, 0.05) is 11.3 Å². The van der Waals surface area contributed by atoms with Crippen molar-refractivity contribution in [3.63, 3.8) is 0 Å². The van der Waals surface area contributed by atoms with E-state index in [0.717, 1.165) is 17.9 Å². The second-order valence-electron chi connectivity index (χ2n) is 3.46. The van der Waals surface area contributed by atoms with E-state index in [-0.39, 0.29) is 0 Å². The molecule has 0 aliphatic rings. The summed E-state index contributed by atoms with van der Waals surface area (Å²) in [4.78, 5) is 4.20. The molecule has 0 aromatic carbocycles. The molecule has 0 radical (unpaired) electrons. The summed E-state index contributed by atoms with van der Waals surface area (Å²) in [5, 5.41) is 0. The molecule has 0 saturated heterocycles. The predicted molar refractivity (Wildman–Crippen MR) is 58.5 cm³/mol. The maximum atomic E-state index is 5.32. The number of ether oxygens (including phenoxy) is 1. The maximum absolute atomic E-state index is 5.32. The predicted octanol–water partition coefficient (Wildman–Crippen LogP) is 3.43. The van der Waals surface area contributed by atoms with Crippen LogP contribution in [0.25, 0.3) is 0 Å². The van der Waals surface area contributed by atoms with Gasteiger partial charge in [0.15, 0.2) is 0 Å². The first-order valence-electron chi connectivity index (χ1n) is 4.93. The highest BCUT2D eigenvalue weighted by Gasteiger charge is 2.10. The van der Waals surface area contributed by atoms with Crippen molar-refractivity contribution in [2.45, 2.75) is 33.1 Å². The quantitative estimate of drug-likeness (QED) is 0.680. The van der Waals surface area contributed by atoms with E-state index in [1.807, 2.05) is 6.92 Å². The third-order valence-corrected chi connectivity index (χ3v) is 2.39. The number of hydrogen-bond donors (Lipinski definition) is 0. The van der Waals surface area contributed by atoms with Crippen molar-refractivity contribution in [1.82, 2.24) is 4.98 Å². The Labute approximate surface area is 85.6 Å². The Morgan fingerprint density at radius 3 is 2.93 bits per heavy atom. The van der Waals surface area contributed by atoms with Crippen molar-refractivity contribution in [2.24, 2.45) is 0 Å². The summed E-state index contributed by atoms with van der Waals surface area (Å²) < 4.78 is 5.32. The van der Waals surface area contributed by atoms with Crippen LogP contribution in [0.2, 0.25) is 0 Å². The van der Waals surface area contributed by atoms with E-state index in [1.54, 1.807) is 6.20 Å². The van der Waals surface area contributed by atoms with E-state index >= 15 is 0 Å². The molecule has 2 nitrogen and oxygen atoms in total. The molecule has 1 atom stereocenters. The summed E-state index contributed by atoms with van der Waals surface area (Å²) >= 11 is 0. The van der Waals surface area contributed by atoms with Gasteiger partial charge in [-0.2, -0.15) is 0 Å². The molecule has 1 rings (SSSR count). The van der Waals surface area contributed by atoms with E-state index in [0.29, 0.717) is 5.92 Å². The fraction of sp³-hybridized carbons (Fsp3) is 0.417. The molecule has 0 spiro atoms. The normalized spacial score (nSPS) is 12.2. The molecule has 0 N–H and O–H groups in total. The Hall–Kier alpha value is -1.31. The molecule has 0 fully saturated rings. The standard InChI is InChI=1S/C12H17NO/c1-5-9(3)11-7-10(4)13-8-12(11)14-6-2/h6-9H,2,5H2,1,3-4H3. The summed E-state index contributed by atoms with van der Waals surface area (Å²) in [5.41, 5.74) is 2.23. The van der Waals surface area contributed by atoms with Crippen LogP contribution >= 0.6 is 0 Å². The summed E-state index contributed by atoms with van der Waals surface area (Å²) in [6.07, 6.45) is 4.30. The Bertz CT molecular complexity index is 320. The van der Waals surface area contributed by atoms with Crippen molar-refractivity contribution in [2.75, 3.05) is 0 Å². The van der Waals surface area contributed by atoms with Crippen molar-refractivity contribution < 1.29 is 4.74 Å². The fourth-order valence-electron chi connectivity index (χ4n) is 1.36. The van der Waals surface area contributed by atoms with Gasteiger partial charge in [0.1, 0.15) is 5.75 Å². The molecule has 0 aliphatic carbocycles. The first-order valence-corrected chi connectivity index (χ1v) is 4.93. The van der Waals surface area contributed by atoms with Gasteiger partial charge in [0.2, 0.25) is 0 Å². The van der Waals surface area contributed by atoms with E-state index in [2.05, 4.69) is 31.5 Å². The topological polar surface area (TPSA) is 22.1 Å². The van der Waals surface area contributed by atoms with Gasteiger partial charge in [0.25, 0.3) is 0 Å². The van der Waals surface area contributed by atoms with Gasteiger partial charge >= 0.3 is 0 Å². The molecular weight excluding hydrogens is 174 g/mol. The first kappa shape index (κ1) is 10.8. The summed E-state index contributed by atoms with van der Waals surface area (Å²) in [5.74, 6) is 1.31. The van der Waals surface area contributed by atoms with Gasteiger partial charge in [-0.05, 0) is 25.3 Å². The SMILES string of the molecule is C=COc1cnc(C)cc1C(C)CC. The number of rotatable bonds is 4. The van der Waals surface area contributed by atoms with Crippen molar-refractivity contribution in [1.29, 1.82) is 0 Å². The van der Waals surface area contributed by atoms with Crippen LogP contribution in [0.5, 0.6) is 5.75 Å². The molecule has 1 unspecified atom stereocenters. The van der Waals surface area contributed by atoms with E-state index in [1.165, 1.54) is 11.8 Å². The van der Waals surface area contributed by atoms with E-state index in [9.17, 15) is 0 Å². The summed E-state index contributed by atoms with van der Waals surface area (Å²) in [6, 6.07) is 2.08. The van der Waals surface area contributed by atoms with E-state index < -0.39 is 0 Å². The Balaban J connectivity index is 3.08. The minimum Gasteiger partial charge on any atom is -0.464 e. The van der Waals surface area contributed by atoms with Crippen LogP contribution in [0.4, 0.5) is 0 Å². The van der Waals surface area contributed by atoms with Gasteiger partial charge in [-0.3, -0.25) is 4.98 Å². The average molecular weight is 191 g/mol. The lowest BCUT2D eigenvalue weighted by atomic mass is 9.98. The maximum Gasteiger partial charge on any atom is 0.148 e. The molecule has 0 saturated carbocycles. The molecule has 76 valence electrons. The van der Waals surface area contributed by atoms with Crippen LogP contribution in [-0.2, 0) is 0 Å². The second-order valence-corrected chi connectivity index (χ2v) is 3.46. The molecule has 14 heavy (non-hydrogen) atoms. The monoisotopic (exact) mass is 191 g/mol. The van der Waals surface area contributed by atoms with Gasteiger partial charge in [-0.25, -0.2) is 0 Å².